The van der Waals surface area contributed by atoms with E-state index >= 15 is 0 Å². The van der Waals surface area contributed by atoms with Crippen LogP contribution in [0.1, 0.15) is 324 Å². The predicted octanol–water partition coefficient (Wildman–Crippen LogP) is 17.8. The van der Waals surface area contributed by atoms with Crippen LogP contribution in [0.25, 0.3) is 0 Å². The molecule has 492 valence electrons. The molecule has 17 nitrogen and oxygen atoms in total. The number of rotatable bonds is 64. The summed E-state index contributed by atoms with van der Waals surface area (Å²) < 4.78 is 67.8. The van der Waals surface area contributed by atoms with E-state index < -0.39 is 97.5 Å². The molecule has 0 aromatic carbocycles. The lowest BCUT2D eigenvalue weighted by molar-refractivity contribution is -0.161. The van der Waals surface area contributed by atoms with Gasteiger partial charge in [-0.05, 0) is 31.6 Å². The number of phosphoric acid groups is 2. The molecule has 0 spiro atoms. The standard InChI is InChI=1S/C64H124O17P2/c1-6-9-12-15-17-19-25-30-33-38-43-48-62(67)75-54-60(81-64(69)50-45-40-35-31-27-24-22-20-21-23-26-29-32-37-41-46-57(4)5)56-79-83(72,73)77-52-58(65)51-76-82(70,71)78-55-59(53-74-61(66)47-42-36-14-11-8-3)80-63(68)49-44-39-34-28-18-16-13-10-7-2/h57-60,65H,6-56H2,1-5H3,(H,70,71)(H,72,73)/t58-,59+,60+/m0/s1. The summed E-state index contributed by atoms with van der Waals surface area (Å²) in [6.45, 7) is 7.12. The average molecular weight is 1230 g/mol. The Morgan fingerprint density at radius 1 is 0.325 bits per heavy atom. The van der Waals surface area contributed by atoms with Gasteiger partial charge < -0.3 is 33.8 Å². The van der Waals surface area contributed by atoms with Gasteiger partial charge in [-0.25, -0.2) is 9.13 Å². The van der Waals surface area contributed by atoms with Gasteiger partial charge in [-0.1, -0.05) is 272 Å². The molecule has 0 fully saturated rings. The third-order valence-electron chi connectivity index (χ3n) is 14.8. The monoisotopic (exact) mass is 1230 g/mol. The van der Waals surface area contributed by atoms with Gasteiger partial charge in [0.25, 0.3) is 0 Å². The van der Waals surface area contributed by atoms with Crippen LogP contribution in [0.5, 0.6) is 0 Å². The van der Waals surface area contributed by atoms with Crippen LogP contribution in [0.3, 0.4) is 0 Å². The number of hydrogen-bond donors (Lipinski definition) is 3. The van der Waals surface area contributed by atoms with Crippen molar-refractivity contribution in [1.82, 2.24) is 0 Å². The fourth-order valence-corrected chi connectivity index (χ4v) is 11.2. The van der Waals surface area contributed by atoms with Crippen LogP contribution in [-0.4, -0.2) is 96.7 Å². The van der Waals surface area contributed by atoms with Crippen molar-refractivity contribution in [2.75, 3.05) is 39.6 Å². The number of unbranched alkanes of at least 4 members (excludes halogenated alkanes) is 36. The number of hydrogen-bond acceptors (Lipinski definition) is 15. The Hall–Kier alpha value is -1.94. The lowest BCUT2D eigenvalue weighted by Gasteiger charge is -2.21. The van der Waals surface area contributed by atoms with E-state index in [2.05, 4.69) is 34.6 Å². The van der Waals surface area contributed by atoms with Crippen molar-refractivity contribution >= 4 is 39.5 Å². The van der Waals surface area contributed by atoms with Crippen LogP contribution in [0.4, 0.5) is 0 Å². The van der Waals surface area contributed by atoms with Crippen LogP contribution < -0.4 is 0 Å². The first-order chi connectivity index (χ1) is 40.0. The maximum atomic E-state index is 13.0. The molecular formula is C64H124O17P2. The number of aliphatic hydroxyl groups excluding tert-OH is 1. The van der Waals surface area contributed by atoms with Gasteiger partial charge in [-0.15, -0.1) is 0 Å². The maximum absolute atomic E-state index is 13.0. The lowest BCUT2D eigenvalue weighted by atomic mass is 10.0. The molecule has 0 saturated heterocycles. The van der Waals surface area contributed by atoms with Gasteiger partial charge in [0.2, 0.25) is 0 Å². The van der Waals surface area contributed by atoms with Crippen LogP contribution in [0.15, 0.2) is 0 Å². The molecule has 0 aliphatic carbocycles. The molecule has 0 heterocycles. The first-order valence-electron chi connectivity index (χ1n) is 33.6. The number of ether oxygens (including phenoxy) is 4. The molecule has 2 unspecified atom stereocenters. The highest BCUT2D eigenvalue weighted by atomic mass is 31.2. The highest BCUT2D eigenvalue weighted by Gasteiger charge is 2.30. The first-order valence-corrected chi connectivity index (χ1v) is 36.6. The Morgan fingerprint density at radius 3 is 0.819 bits per heavy atom. The van der Waals surface area contributed by atoms with Gasteiger partial charge in [-0.2, -0.15) is 0 Å². The van der Waals surface area contributed by atoms with Crippen molar-refractivity contribution in [2.45, 2.75) is 342 Å². The molecule has 0 radical (unpaired) electrons. The summed E-state index contributed by atoms with van der Waals surface area (Å²) in [5.74, 6) is -1.34. The Kier molecular flexibility index (Phi) is 56.4. The van der Waals surface area contributed by atoms with E-state index in [1.165, 1.54) is 141 Å². The van der Waals surface area contributed by atoms with E-state index in [1.807, 2.05) is 0 Å². The first kappa shape index (κ1) is 81.1. The topological polar surface area (TPSA) is 237 Å². The van der Waals surface area contributed by atoms with E-state index in [4.69, 9.17) is 37.0 Å². The van der Waals surface area contributed by atoms with E-state index in [0.717, 1.165) is 102 Å². The third-order valence-corrected chi connectivity index (χ3v) is 16.7. The maximum Gasteiger partial charge on any atom is 0.472 e. The van der Waals surface area contributed by atoms with Gasteiger partial charge in [0.1, 0.15) is 19.3 Å². The minimum Gasteiger partial charge on any atom is -0.462 e. The second-order valence-electron chi connectivity index (χ2n) is 23.6. The fraction of sp³-hybridized carbons (Fsp3) is 0.938. The molecule has 19 heteroatoms. The Bertz CT molecular complexity index is 1620. The van der Waals surface area contributed by atoms with Crippen LogP contribution in [-0.2, 0) is 65.4 Å². The van der Waals surface area contributed by atoms with Gasteiger partial charge in [-0.3, -0.25) is 37.3 Å². The normalized spacial score (nSPS) is 14.2. The van der Waals surface area contributed by atoms with Gasteiger partial charge in [0.05, 0.1) is 26.4 Å². The summed E-state index contributed by atoms with van der Waals surface area (Å²) in [7, 11) is -9.87. The van der Waals surface area contributed by atoms with Crippen LogP contribution in [0.2, 0.25) is 0 Å². The van der Waals surface area contributed by atoms with E-state index in [9.17, 15) is 43.2 Å². The zero-order valence-electron chi connectivity index (χ0n) is 53.3. The number of esters is 4. The zero-order valence-corrected chi connectivity index (χ0v) is 55.1. The molecule has 0 aliphatic rings. The lowest BCUT2D eigenvalue weighted by Crippen LogP contribution is -2.30. The summed E-state index contributed by atoms with van der Waals surface area (Å²) in [5.41, 5.74) is 0. The van der Waals surface area contributed by atoms with Crippen LogP contribution >= 0.6 is 15.6 Å². The second kappa shape index (κ2) is 57.8. The minimum absolute atomic E-state index is 0.105. The average Bonchev–Trinajstić information content (AvgIpc) is 3.45. The molecule has 0 aromatic heterocycles. The SMILES string of the molecule is CCCCCCCCCCCCCC(=O)OC[C@H](COP(=O)(O)OC[C@@H](O)COP(=O)(O)OC[C@@H](COC(=O)CCCCCCC)OC(=O)CCCCCCCCCCC)OC(=O)CCCCCCCCCCCCCCCCCC(C)C. The summed E-state index contributed by atoms with van der Waals surface area (Å²) in [6.07, 6.45) is 42.0. The highest BCUT2D eigenvalue weighted by Crippen LogP contribution is 2.45. The fourth-order valence-electron chi connectivity index (χ4n) is 9.58. The number of phosphoric ester groups is 2. The second-order valence-corrected chi connectivity index (χ2v) is 26.5. The number of carbonyl (C=O) groups is 4. The van der Waals surface area contributed by atoms with Gasteiger partial charge >= 0.3 is 39.5 Å². The predicted molar refractivity (Wildman–Crippen MR) is 331 cm³/mol. The summed E-state index contributed by atoms with van der Waals surface area (Å²) in [4.78, 5) is 71.9. The molecule has 0 aliphatic heterocycles. The molecule has 0 aromatic rings. The summed E-state index contributed by atoms with van der Waals surface area (Å²) >= 11 is 0. The number of aliphatic hydroxyl groups is 1. The van der Waals surface area contributed by atoms with Crippen molar-refractivity contribution < 1.29 is 80.2 Å². The molecule has 0 bridgehead atoms. The molecule has 5 atom stereocenters. The quantitative estimate of drug-likeness (QED) is 0.0222. The molecule has 0 amide bonds. The summed E-state index contributed by atoms with van der Waals surface area (Å²) in [6, 6.07) is 0. The van der Waals surface area contributed by atoms with E-state index in [1.54, 1.807) is 0 Å². The Labute approximate surface area is 505 Å². The van der Waals surface area contributed by atoms with Crippen molar-refractivity contribution in [2.24, 2.45) is 5.92 Å². The number of carbonyl (C=O) groups excluding carboxylic acids is 4. The minimum atomic E-state index is -4.94. The molecule has 83 heavy (non-hydrogen) atoms. The molecule has 0 rings (SSSR count). The van der Waals surface area contributed by atoms with Crippen molar-refractivity contribution in [1.29, 1.82) is 0 Å². The molecular weight excluding hydrogens is 1100 g/mol. The smallest absolute Gasteiger partial charge is 0.462 e. The highest BCUT2D eigenvalue weighted by molar-refractivity contribution is 7.47. The van der Waals surface area contributed by atoms with Crippen LogP contribution in [0, 0.1) is 5.92 Å². The Morgan fingerprint density at radius 2 is 0.554 bits per heavy atom. The van der Waals surface area contributed by atoms with Crippen molar-refractivity contribution in [3.63, 3.8) is 0 Å². The van der Waals surface area contributed by atoms with Gasteiger partial charge in [0.15, 0.2) is 12.2 Å². The van der Waals surface area contributed by atoms with Crippen molar-refractivity contribution in [3.05, 3.63) is 0 Å². The van der Waals surface area contributed by atoms with Crippen molar-refractivity contribution in [3.8, 4) is 0 Å². The molecule has 3 N–H and O–H groups in total. The zero-order chi connectivity index (χ0) is 61.3. The van der Waals surface area contributed by atoms with E-state index in [-0.39, 0.29) is 25.7 Å². The summed E-state index contributed by atoms with van der Waals surface area (Å²) in [5, 5.41) is 10.5. The third kappa shape index (κ3) is 58.8. The Balaban J connectivity index is 5.13. The largest absolute Gasteiger partial charge is 0.472 e. The molecule has 0 saturated carbocycles. The van der Waals surface area contributed by atoms with E-state index in [0.29, 0.717) is 25.7 Å². The van der Waals surface area contributed by atoms with Gasteiger partial charge in [0, 0.05) is 25.7 Å².